The van der Waals surface area contributed by atoms with Crippen LogP contribution < -0.4 is 14.8 Å². The fourth-order valence-electron chi connectivity index (χ4n) is 4.81. The van der Waals surface area contributed by atoms with Crippen LogP contribution in [0.3, 0.4) is 0 Å². The van der Waals surface area contributed by atoms with Gasteiger partial charge in [-0.1, -0.05) is 66.7 Å². The molecule has 1 heterocycles. The number of ether oxygens (including phenoxy) is 2. The first-order chi connectivity index (χ1) is 19.7. The Balaban J connectivity index is 1.11. The second kappa shape index (κ2) is 13.5. The number of fused-ring (bicyclic) bond motifs is 1. The second-order valence-electron chi connectivity index (χ2n) is 9.74. The summed E-state index contributed by atoms with van der Waals surface area (Å²) in [5, 5.41) is 3.08. The van der Waals surface area contributed by atoms with Crippen molar-refractivity contribution in [3.63, 3.8) is 0 Å². The number of imidazole rings is 1. The highest BCUT2D eigenvalue weighted by Gasteiger charge is 2.11. The molecule has 0 radical (unpaired) electrons. The highest BCUT2D eigenvalue weighted by molar-refractivity contribution is 5.79. The first-order valence-electron chi connectivity index (χ1n) is 13.8. The van der Waals surface area contributed by atoms with Crippen LogP contribution in [-0.4, -0.2) is 35.7 Å². The van der Waals surface area contributed by atoms with Gasteiger partial charge >= 0.3 is 0 Å². The van der Waals surface area contributed by atoms with Crippen molar-refractivity contribution in [1.82, 2.24) is 14.9 Å². The zero-order chi connectivity index (χ0) is 27.6. The molecular weight excluding hydrogens is 498 g/mol. The Kier molecular flexibility index (Phi) is 9.09. The zero-order valence-electron chi connectivity index (χ0n) is 22.9. The number of unbranched alkanes of at least 4 members (excludes halogenated alkanes) is 1. The van der Waals surface area contributed by atoms with Gasteiger partial charge in [0.05, 0.1) is 31.2 Å². The van der Waals surface area contributed by atoms with Crippen molar-refractivity contribution >= 4 is 16.9 Å². The van der Waals surface area contributed by atoms with E-state index in [2.05, 4.69) is 40.2 Å². The quantitative estimate of drug-likeness (QED) is 0.176. The molecule has 5 rings (SSSR count). The van der Waals surface area contributed by atoms with Crippen molar-refractivity contribution in [3.05, 3.63) is 115 Å². The van der Waals surface area contributed by atoms with Crippen LogP contribution in [0.5, 0.6) is 11.5 Å². The number of nitrogens with one attached hydrogen (secondary N) is 1. The summed E-state index contributed by atoms with van der Waals surface area (Å²) in [6, 6.07) is 34.3. The third-order valence-corrected chi connectivity index (χ3v) is 6.93. The molecule has 0 bridgehead atoms. The van der Waals surface area contributed by atoms with Crippen LogP contribution in [0.2, 0.25) is 0 Å². The average molecular weight is 534 g/mol. The van der Waals surface area contributed by atoms with Gasteiger partial charge in [0.25, 0.3) is 0 Å². The van der Waals surface area contributed by atoms with Gasteiger partial charge in [-0.05, 0) is 65.9 Å². The van der Waals surface area contributed by atoms with Crippen molar-refractivity contribution in [3.8, 4) is 22.6 Å². The molecule has 0 aliphatic rings. The summed E-state index contributed by atoms with van der Waals surface area (Å²) in [6.07, 6.45) is 2.93. The van der Waals surface area contributed by atoms with Crippen LogP contribution in [0, 0.1) is 0 Å². The van der Waals surface area contributed by atoms with Gasteiger partial charge in [-0.15, -0.1) is 0 Å². The van der Waals surface area contributed by atoms with Gasteiger partial charge in [0.2, 0.25) is 5.91 Å². The molecule has 0 fully saturated rings. The minimum atomic E-state index is 0.0193. The lowest BCUT2D eigenvalue weighted by Crippen LogP contribution is -2.28. The van der Waals surface area contributed by atoms with Crippen LogP contribution in [-0.2, 0) is 24.2 Å². The summed E-state index contributed by atoms with van der Waals surface area (Å²) in [5.74, 6) is 2.67. The Morgan fingerprint density at radius 1 is 0.800 bits per heavy atom. The van der Waals surface area contributed by atoms with E-state index in [1.54, 1.807) is 7.11 Å². The molecule has 6 nitrogen and oxygen atoms in total. The number of amides is 1. The maximum atomic E-state index is 12.7. The van der Waals surface area contributed by atoms with E-state index >= 15 is 0 Å². The van der Waals surface area contributed by atoms with Crippen molar-refractivity contribution in [2.75, 3.05) is 20.3 Å². The number of methoxy groups -OCH3 is 1. The van der Waals surface area contributed by atoms with Crippen LogP contribution in [0.25, 0.3) is 22.2 Å². The van der Waals surface area contributed by atoms with Crippen molar-refractivity contribution in [1.29, 1.82) is 0 Å². The Morgan fingerprint density at radius 3 is 2.27 bits per heavy atom. The van der Waals surface area contributed by atoms with Gasteiger partial charge in [-0.3, -0.25) is 4.79 Å². The first kappa shape index (κ1) is 27.0. The molecule has 0 aliphatic heterocycles. The molecule has 0 aliphatic carbocycles. The van der Waals surface area contributed by atoms with E-state index in [1.165, 1.54) is 5.56 Å². The average Bonchev–Trinajstić information content (AvgIpc) is 3.35. The molecule has 0 unspecified atom stereocenters. The summed E-state index contributed by atoms with van der Waals surface area (Å²) in [5.41, 5.74) is 5.43. The number of hydrogen-bond acceptors (Lipinski definition) is 4. The standard InChI is InChI=1S/C34H35N3O3/c1-39-29-17-19-30(20-18-29)40-24-8-7-23-37-32-12-6-5-11-31(32)36-33(37)21-22-35-34(38)25-26-13-15-28(16-14-26)27-9-3-2-4-10-27/h2-6,9-20H,7-8,21-25H2,1H3,(H,35,38). The minimum absolute atomic E-state index is 0.0193. The van der Waals surface area contributed by atoms with E-state index in [1.807, 2.05) is 72.8 Å². The van der Waals surface area contributed by atoms with E-state index < -0.39 is 0 Å². The fraction of sp³-hybridized carbons (Fsp3) is 0.235. The topological polar surface area (TPSA) is 65.4 Å². The molecule has 1 aromatic heterocycles. The lowest BCUT2D eigenvalue weighted by atomic mass is 10.0. The lowest BCUT2D eigenvalue weighted by Gasteiger charge is -2.11. The van der Waals surface area contributed by atoms with E-state index in [0.717, 1.165) is 58.9 Å². The smallest absolute Gasteiger partial charge is 0.224 e. The van der Waals surface area contributed by atoms with E-state index in [0.29, 0.717) is 26.0 Å². The molecule has 4 aromatic carbocycles. The first-order valence-corrected chi connectivity index (χ1v) is 13.8. The Morgan fingerprint density at radius 2 is 1.50 bits per heavy atom. The van der Waals surface area contributed by atoms with Gasteiger partial charge in [0.1, 0.15) is 17.3 Å². The maximum Gasteiger partial charge on any atom is 0.224 e. The Hall–Kier alpha value is -4.58. The molecule has 1 amide bonds. The Labute approximate surface area is 235 Å². The van der Waals surface area contributed by atoms with Crippen LogP contribution >= 0.6 is 0 Å². The molecule has 0 saturated carbocycles. The number of carbonyl (C=O) groups excluding carboxylic acids is 1. The summed E-state index contributed by atoms with van der Waals surface area (Å²) in [7, 11) is 1.66. The number of nitrogens with zero attached hydrogens (tertiary/aromatic N) is 2. The number of aromatic nitrogens is 2. The van der Waals surface area contributed by atoms with Gasteiger partial charge in [-0.25, -0.2) is 4.98 Å². The summed E-state index contributed by atoms with van der Waals surface area (Å²) in [4.78, 5) is 17.5. The molecule has 6 heteroatoms. The molecule has 0 saturated heterocycles. The summed E-state index contributed by atoms with van der Waals surface area (Å²) < 4.78 is 13.4. The number of hydrogen-bond donors (Lipinski definition) is 1. The van der Waals surface area contributed by atoms with Crippen molar-refractivity contribution in [2.45, 2.75) is 32.2 Å². The maximum absolute atomic E-state index is 12.7. The van der Waals surface area contributed by atoms with Gasteiger partial charge in [-0.2, -0.15) is 0 Å². The van der Waals surface area contributed by atoms with Gasteiger partial charge < -0.3 is 19.4 Å². The highest BCUT2D eigenvalue weighted by Crippen LogP contribution is 2.21. The summed E-state index contributed by atoms with van der Waals surface area (Å²) in [6.45, 7) is 2.05. The van der Waals surface area contributed by atoms with Crippen LogP contribution in [0.1, 0.15) is 24.2 Å². The largest absolute Gasteiger partial charge is 0.497 e. The predicted octanol–water partition coefficient (Wildman–Crippen LogP) is 6.47. The van der Waals surface area contributed by atoms with Crippen LogP contribution in [0.4, 0.5) is 0 Å². The third kappa shape index (κ3) is 7.08. The fourth-order valence-corrected chi connectivity index (χ4v) is 4.81. The normalized spacial score (nSPS) is 10.9. The number of aryl methyl sites for hydroxylation is 1. The SMILES string of the molecule is COc1ccc(OCCCCn2c(CCNC(=O)Cc3ccc(-c4ccccc4)cc3)nc3ccccc32)cc1. The lowest BCUT2D eigenvalue weighted by molar-refractivity contribution is -0.120. The number of carbonyl (C=O) groups is 1. The molecule has 204 valence electrons. The predicted molar refractivity (Wildman–Crippen MR) is 160 cm³/mol. The van der Waals surface area contributed by atoms with Gasteiger partial charge in [0, 0.05) is 19.5 Å². The number of para-hydroxylation sites is 2. The third-order valence-electron chi connectivity index (χ3n) is 6.93. The second-order valence-corrected chi connectivity index (χ2v) is 9.74. The molecule has 40 heavy (non-hydrogen) atoms. The molecule has 1 N–H and O–H groups in total. The molecular formula is C34H35N3O3. The summed E-state index contributed by atoms with van der Waals surface area (Å²) >= 11 is 0. The van der Waals surface area contributed by atoms with Gasteiger partial charge in [0.15, 0.2) is 0 Å². The van der Waals surface area contributed by atoms with E-state index in [9.17, 15) is 4.79 Å². The molecule has 0 atom stereocenters. The monoisotopic (exact) mass is 533 g/mol. The Bertz CT molecular complexity index is 1510. The molecule has 0 spiro atoms. The van der Waals surface area contributed by atoms with E-state index in [-0.39, 0.29) is 5.91 Å². The number of rotatable bonds is 13. The molecule has 5 aromatic rings. The van der Waals surface area contributed by atoms with Crippen molar-refractivity contribution in [2.24, 2.45) is 0 Å². The zero-order valence-corrected chi connectivity index (χ0v) is 22.9. The van der Waals surface area contributed by atoms with E-state index in [4.69, 9.17) is 14.5 Å². The number of benzene rings is 4. The van der Waals surface area contributed by atoms with Crippen LogP contribution in [0.15, 0.2) is 103 Å². The van der Waals surface area contributed by atoms with Crippen molar-refractivity contribution < 1.29 is 14.3 Å². The minimum Gasteiger partial charge on any atom is -0.497 e. The highest BCUT2D eigenvalue weighted by atomic mass is 16.5.